The molecule has 3 amide bonds. The number of pyridine rings is 2. The van der Waals surface area contributed by atoms with Crippen LogP contribution in [-0.2, 0) is 24.6 Å². The molecule has 3 aliphatic rings. The van der Waals surface area contributed by atoms with Crippen molar-refractivity contribution in [1.82, 2.24) is 44.8 Å². The average Bonchev–Trinajstić information content (AvgIpc) is 3.72. The zero-order valence-corrected chi connectivity index (χ0v) is 37.3. The Kier molecular flexibility index (Phi) is 13.5. The molecule has 7 heterocycles. The number of aromatic amines is 1. The highest BCUT2D eigenvalue weighted by Crippen LogP contribution is 2.33. The van der Waals surface area contributed by atoms with Crippen molar-refractivity contribution in [2.75, 3.05) is 61.3 Å². The zero-order chi connectivity index (χ0) is 47.6. The number of likely N-dealkylation sites (tertiary alicyclic amines) is 1. The number of benzene rings is 1. The summed E-state index contributed by atoms with van der Waals surface area (Å²) in [5.74, 6) is -5.71. The quantitative estimate of drug-likeness (QED) is 0.0649. The largest absolute Gasteiger partial charge is 0.477 e. The highest BCUT2D eigenvalue weighted by molar-refractivity contribution is 7.90. The number of ketones is 1. The van der Waals surface area contributed by atoms with E-state index < -0.39 is 62.1 Å². The maximum atomic E-state index is 15.8. The SMILES string of the molecule is CCN(C)S(=O)(=O)Nc1ccc(F)c(C(=O)c2c(C(=O)O)[nH]c3ncc(-c4cnc(N5CCC(NCC(=O)N6CCC(c7ccc(NC8CCC(=O)NC8=O)cn7)CC6)CC5)nc4)cc23)c1F. The summed E-state index contributed by atoms with van der Waals surface area (Å²) in [7, 11) is -3.03. The van der Waals surface area contributed by atoms with E-state index in [1.165, 1.54) is 19.3 Å². The lowest BCUT2D eigenvalue weighted by atomic mass is 9.93. The molecule has 0 aliphatic carbocycles. The van der Waals surface area contributed by atoms with Crippen molar-refractivity contribution in [3.63, 3.8) is 0 Å². The van der Waals surface area contributed by atoms with Crippen LogP contribution in [0.15, 0.2) is 55.1 Å². The van der Waals surface area contributed by atoms with Gasteiger partial charge in [-0.15, -0.1) is 0 Å². The second-order valence-electron chi connectivity index (χ2n) is 16.6. The van der Waals surface area contributed by atoms with E-state index in [1.807, 2.05) is 26.7 Å². The molecule has 23 heteroatoms. The summed E-state index contributed by atoms with van der Waals surface area (Å²) in [5.41, 5.74) is -0.708. The molecule has 0 radical (unpaired) electrons. The van der Waals surface area contributed by atoms with E-state index in [2.05, 4.69) is 40.9 Å². The first-order chi connectivity index (χ1) is 32.1. The van der Waals surface area contributed by atoms with Crippen molar-refractivity contribution < 1.29 is 46.3 Å². The molecule has 0 saturated carbocycles. The van der Waals surface area contributed by atoms with Crippen LogP contribution in [0.1, 0.15) is 83.5 Å². The number of amides is 3. The number of carbonyl (C=O) groups is 5. The molecule has 6 N–H and O–H groups in total. The molecule has 1 atom stereocenters. The third-order valence-corrected chi connectivity index (χ3v) is 14.0. The predicted octanol–water partition coefficient (Wildman–Crippen LogP) is 3.41. The van der Waals surface area contributed by atoms with Crippen LogP contribution in [0.4, 0.5) is 26.1 Å². The van der Waals surface area contributed by atoms with E-state index in [0.29, 0.717) is 61.4 Å². The number of piperidine rings is 3. The maximum absolute atomic E-state index is 15.8. The van der Waals surface area contributed by atoms with Gasteiger partial charge in [-0.05, 0) is 62.4 Å². The van der Waals surface area contributed by atoms with Crippen LogP contribution in [0.2, 0.25) is 0 Å². The molecule has 0 spiro atoms. The van der Waals surface area contributed by atoms with Crippen LogP contribution in [0.25, 0.3) is 22.2 Å². The highest BCUT2D eigenvalue weighted by atomic mass is 32.2. The van der Waals surface area contributed by atoms with Gasteiger partial charge in [0.1, 0.15) is 23.2 Å². The molecule has 20 nitrogen and oxygen atoms in total. The molecule has 3 fully saturated rings. The summed E-state index contributed by atoms with van der Waals surface area (Å²) in [5, 5.41) is 18.8. The Morgan fingerprint density at radius 2 is 1.61 bits per heavy atom. The Morgan fingerprint density at radius 1 is 0.896 bits per heavy atom. The number of carbonyl (C=O) groups excluding carboxylic acids is 4. The third kappa shape index (κ3) is 10.1. The number of anilines is 3. The lowest BCUT2D eigenvalue weighted by molar-refractivity contribution is -0.134. The van der Waals surface area contributed by atoms with Gasteiger partial charge in [-0.2, -0.15) is 12.7 Å². The number of fused-ring (bicyclic) bond motifs is 1. The van der Waals surface area contributed by atoms with Gasteiger partial charge < -0.3 is 30.5 Å². The summed E-state index contributed by atoms with van der Waals surface area (Å²) in [6.45, 7) is 4.27. The number of carboxylic acids is 1. The second kappa shape index (κ2) is 19.5. The number of nitrogens with one attached hydrogen (secondary N) is 5. The third-order valence-electron chi connectivity index (χ3n) is 12.4. The highest BCUT2D eigenvalue weighted by Gasteiger charge is 2.32. The lowest BCUT2D eigenvalue weighted by Gasteiger charge is -2.34. The molecule has 352 valence electrons. The van der Waals surface area contributed by atoms with Crippen LogP contribution in [0.3, 0.4) is 0 Å². The first-order valence-corrected chi connectivity index (χ1v) is 23.2. The number of imide groups is 1. The molecule has 1 unspecified atom stereocenters. The standard InChI is InChI=1S/C44H48F2N12O8S/c1-3-56(2)67(65,66)55-32-7-5-30(45)37(38(32)46)40(61)36-29-18-25(19-49-41(29)54-39(36)43(63)64)26-20-50-44(51-21-26)58-16-12-27(13-17-58)47-23-35(60)57-14-10-24(11-15-57)31-6-4-28(22-48-31)52-33-8-9-34(59)53-42(33)62/h4-7,18-22,24,27,33,47,52,55H,3,8-17,23H2,1-2H3,(H,49,54)(H,63,64)(H,53,59,62). The molecule has 5 aromatic rings. The molecule has 1 aromatic carbocycles. The summed E-state index contributed by atoms with van der Waals surface area (Å²) >= 11 is 0. The molecular weight excluding hydrogens is 895 g/mol. The first-order valence-electron chi connectivity index (χ1n) is 21.8. The molecule has 8 rings (SSSR count). The summed E-state index contributed by atoms with van der Waals surface area (Å²) in [4.78, 5) is 87.3. The fraction of sp³-hybridized carbons (Fsp3) is 0.386. The van der Waals surface area contributed by atoms with E-state index in [9.17, 15) is 37.5 Å². The Labute approximate surface area is 383 Å². The van der Waals surface area contributed by atoms with Crippen molar-refractivity contribution in [1.29, 1.82) is 0 Å². The zero-order valence-electron chi connectivity index (χ0n) is 36.5. The van der Waals surface area contributed by atoms with Gasteiger partial charge in [-0.25, -0.2) is 28.5 Å². The van der Waals surface area contributed by atoms with Gasteiger partial charge in [0.2, 0.25) is 29.5 Å². The van der Waals surface area contributed by atoms with Crippen molar-refractivity contribution >= 4 is 68.0 Å². The Bertz CT molecular complexity index is 2830. The van der Waals surface area contributed by atoms with Crippen molar-refractivity contribution in [3.8, 4) is 11.1 Å². The topological polar surface area (TPSA) is 265 Å². The lowest BCUT2D eigenvalue weighted by Crippen LogP contribution is -2.48. The minimum Gasteiger partial charge on any atom is -0.477 e. The number of aromatic nitrogens is 5. The summed E-state index contributed by atoms with van der Waals surface area (Å²) < 4.78 is 59.1. The molecule has 4 aromatic heterocycles. The number of H-pyrrole nitrogens is 1. The smallest absolute Gasteiger partial charge is 0.353 e. The van der Waals surface area contributed by atoms with Crippen LogP contribution in [0, 0.1) is 11.6 Å². The fourth-order valence-corrected chi connectivity index (χ4v) is 9.36. The normalized spacial score (nSPS) is 17.5. The number of nitrogens with zero attached hydrogens (tertiary/aromatic N) is 7. The van der Waals surface area contributed by atoms with Gasteiger partial charge in [0.15, 0.2) is 5.82 Å². The van der Waals surface area contributed by atoms with Gasteiger partial charge in [0, 0.05) is 98.9 Å². The van der Waals surface area contributed by atoms with Gasteiger partial charge >= 0.3 is 16.2 Å². The van der Waals surface area contributed by atoms with E-state index in [0.717, 1.165) is 41.7 Å². The Morgan fingerprint density at radius 3 is 2.27 bits per heavy atom. The molecule has 3 saturated heterocycles. The predicted molar refractivity (Wildman–Crippen MR) is 241 cm³/mol. The van der Waals surface area contributed by atoms with E-state index >= 15 is 8.78 Å². The number of carboxylic acid groups (broad SMARTS) is 1. The number of rotatable bonds is 15. The molecular formula is C44H48F2N12O8S. The van der Waals surface area contributed by atoms with E-state index in [-0.39, 0.29) is 60.2 Å². The van der Waals surface area contributed by atoms with Crippen LogP contribution >= 0.6 is 0 Å². The van der Waals surface area contributed by atoms with E-state index in [4.69, 9.17) is 0 Å². The van der Waals surface area contributed by atoms with Gasteiger partial charge in [0.05, 0.1) is 35.2 Å². The Balaban J connectivity index is 0.847. The van der Waals surface area contributed by atoms with Gasteiger partial charge in [0.25, 0.3) is 0 Å². The number of aromatic carboxylic acids is 1. The van der Waals surface area contributed by atoms with Gasteiger partial charge in [-0.3, -0.25) is 34.2 Å². The van der Waals surface area contributed by atoms with Crippen LogP contribution < -0.4 is 25.6 Å². The fourth-order valence-electron chi connectivity index (χ4n) is 8.43. The summed E-state index contributed by atoms with van der Waals surface area (Å²) in [6, 6.07) is 6.41. The number of hydrogen-bond acceptors (Lipinski definition) is 14. The summed E-state index contributed by atoms with van der Waals surface area (Å²) in [6.07, 6.45) is 9.94. The van der Waals surface area contributed by atoms with Crippen LogP contribution in [-0.4, -0.2) is 136 Å². The second-order valence-corrected chi connectivity index (χ2v) is 18.4. The van der Waals surface area contributed by atoms with Crippen molar-refractivity contribution in [2.24, 2.45) is 0 Å². The molecule has 0 bridgehead atoms. The number of hydrogen-bond donors (Lipinski definition) is 6. The Hall–Kier alpha value is -6.98. The monoisotopic (exact) mass is 942 g/mol. The first kappa shape index (κ1) is 46.5. The molecule has 67 heavy (non-hydrogen) atoms. The maximum Gasteiger partial charge on any atom is 0.353 e. The number of halogens is 2. The van der Waals surface area contributed by atoms with Crippen LogP contribution in [0.5, 0.6) is 0 Å². The van der Waals surface area contributed by atoms with Crippen molar-refractivity contribution in [3.05, 3.63) is 89.3 Å². The minimum atomic E-state index is -4.27. The van der Waals surface area contributed by atoms with Gasteiger partial charge in [-0.1, -0.05) is 6.92 Å². The molecule has 3 aliphatic heterocycles. The minimum absolute atomic E-state index is 0.0315. The van der Waals surface area contributed by atoms with E-state index in [1.54, 1.807) is 25.5 Å². The van der Waals surface area contributed by atoms with Crippen molar-refractivity contribution in [2.45, 2.75) is 63.5 Å². The average molecular weight is 943 g/mol.